The van der Waals surface area contributed by atoms with Gasteiger partial charge in [0.2, 0.25) is 17.5 Å². The summed E-state index contributed by atoms with van der Waals surface area (Å²) < 4.78 is 39.5. The summed E-state index contributed by atoms with van der Waals surface area (Å²) in [5, 5.41) is 10.7. The number of nitrogens with two attached hydrogens (primary N) is 1. The fraction of sp³-hybridized carbons (Fsp3) is 0.222. The molecule has 220 valence electrons. The molecule has 0 spiro atoms. The Bertz CT molecular complexity index is 1630. The van der Waals surface area contributed by atoms with Gasteiger partial charge in [-0.3, -0.25) is 4.79 Å². The van der Waals surface area contributed by atoms with E-state index in [1.54, 1.807) is 24.3 Å². The molecule has 0 aliphatic carbocycles. The Hall–Kier alpha value is -4.69. The predicted octanol–water partition coefficient (Wildman–Crippen LogP) is 5.75. The van der Waals surface area contributed by atoms with Crippen molar-refractivity contribution in [1.29, 1.82) is 0 Å². The van der Waals surface area contributed by atoms with E-state index in [2.05, 4.69) is 41.2 Å². The van der Waals surface area contributed by atoms with E-state index in [4.69, 9.17) is 17.3 Å². The van der Waals surface area contributed by atoms with Crippen molar-refractivity contribution >= 4 is 46.6 Å². The third-order valence-electron chi connectivity index (χ3n) is 5.85. The first kappa shape index (κ1) is 30.3. The number of alkyl halides is 3. The van der Waals surface area contributed by atoms with Gasteiger partial charge in [-0.15, -0.1) is 0 Å². The number of aryl methyl sites for hydroxylation is 1. The zero-order chi connectivity index (χ0) is 30.3. The summed E-state index contributed by atoms with van der Waals surface area (Å²) in [6, 6.07) is 10.3. The molecule has 0 aliphatic heterocycles. The van der Waals surface area contributed by atoms with Crippen LogP contribution in [0.1, 0.15) is 24.0 Å². The molecule has 42 heavy (non-hydrogen) atoms. The van der Waals surface area contributed by atoms with Gasteiger partial charge in [-0.2, -0.15) is 28.1 Å². The molecular weight excluding hydrogens is 575 g/mol. The van der Waals surface area contributed by atoms with E-state index in [0.29, 0.717) is 30.0 Å². The molecule has 0 atom stereocenters. The molecule has 0 saturated heterocycles. The van der Waals surface area contributed by atoms with Gasteiger partial charge in [0.25, 0.3) is 0 Å². The number of hydrogen-bond donors (Lipinski definition) is 6. The van der Waals surface area contributed by atoms with Crippen LogP contribution >= 0.6 is 11.6 Å². The molecular formula is C27H27ClF3N9O2. The minimum Gasteiger partial charge on any atom is -0.354 e. The van der Waals surface area contributed by atoms with E-state index in [1.165, 1.54) is 18.3 Å². The number of nitrogens with one attached hydrogen (secondary N) is 5. The molecule has 15 heteroatoms. The zero-order valence-corrected chi connectivity index (χ0v) is 23.0. The number of H-pyrrole nitrogens is 1. The Morgan fingerprint density at radius 1 is 0.976 bits per heavy atom. The van der Waals surface area contributed by atoms with Gasteiger partial charge < -0.3 is 32.0 Å². The lowest BCUT2D eigenvalue weighted by atomic mass is 10.2. The first-order chi connectivity index (χ1) is 20.0. The SMILES string of the molecule is Cc1ccc(NC(=O)Nc2ccc(Cl)c(C(F)(F)F)c2)cc1Nc1nc(NCCCCN)nc(-c2cc[nH]c(=O)c2)n1. The standard InChI is InChI=1S/C27H27ClF3N9O2/c1-15-4-5-18(36-26(42)35-17-6-7-20(28)19(13-17)27(29,30)31)14-21(15)37-25-39-23(16-8-11-33-22(41)12-16)38-24(40-25)34-10-3-2-9-32/h4-8,11-14H,2-3,9-10,32H2,1H3,(H,33,41)(H2,35,36,42)(H2,34,37,38,39,40). The van der Waals surface area contributed by atoms with Crippen LogP contribution in [-0.2, 0) is 6.18 Å². The molecule has 7 N–H and O–H groups in total. The Morgan fingerprint density at radius 3 is 2.40 bits per heavy atom. The maximum atomic E-state index is 13.2. The molecule has 0 radical (unpaired) electrons. The molecule has 0 saturated carbocycles. The Balaban J connectivity index is 1.54. The third kappa shape index (κ3) is 8.17. The van der Waals surface area contributed by atoms with E-state index in [9.17, 15) is 22.8 Å². The smallest absolute Gasteiger partial charge is 0.354 e. The number of carbonyl (C=O) groups excluding carboxylic acids is 1. The van der Waals surface area contributed by atoms with E-state index in [1.807, 2.05) is 6.92 Å². The predicted molar refractivity (Wildman–Crippen MR) is 156 cm³/mol. The number of unbranched alkanes of at least 4 members (excludes halogenated alkanes) is 1. The van der Waals surface area contributed by atoms with Gasteiger partial charge in [-0.1, -0.05) is 17.7 Å². The number of aromatic amines is 1. The highest BCUT2D eigenvalue weighted by Crippen LogP contribution is 2.36. The monoisotopic (exact) mass is 601 g/mol. The normalized spacial score (nSPS) is 11.2. The minimum atomic E-state index is -4.67. The number of urea groups is 1. The van der Waals surface area contributed by atoms with E-state index in [0.717, 1.165) is 30.5 Å². The second-order valence-corrected chi connectivity index (χ2v) is 9.50. The van der Waals surface area contributed by atoms with Crippen LogP contribution in [0.5, 0.6) is 0 Å². The van der Waals surface area contributed by atoms with Crippen LogP contribution in [0.4, 0.5) is 46.9 Å². The second-order valence-electron chi connectivity index (χ2n) is 9.10. The summed E-state index contributed by atoms with van der Waals surface area (Å²) in [6.07, 6.45) is -1.57. The van der Waals surface area contributed by atoms with Crippen molar-refractivity contribution < 1.29 is 18.0 Å². The molecule has 0 bridgehead atoms. The van der Waals surface area contributed by atoms with Crippen molar-refractivity contribution in [3.8, 4) is 11.4 Å². The quantitative estimate of drug-likeness (QED) is 0.125. The second kappa shape index (κ2) is 13.3. The molecule has 0 fully saturated rings. The number of carbonyl (C=O) groups is 1. The topological polar surface area (TPSA) is 163 Å². The van der Waals surface area contributed by atoms with Gasteiger partial charge in [0.15, 0.2) is 5.82 Å². The van der Waals surface area contributed by atoms with Gasteiger partial charge in [0.05, 0.1) is 10.6 Å². The highest BCUT2D eigenvalue weighted by molar-refractivity contribution is 6.31. The van der Waals surface area contributed by atoms with Crippen LogP contribution in [0, 0.1) is 6.92 Å². The number of hydrogen-bond acceptors (Lipinski definition) is 8. The first-order valence-electron chi connectivity index (χ1n) is 12.7. The van der Waals surface area contributed by atoms with Gasteiger partial charge in [-0.25, -0.2) is 4.79 Å². The van der Waals surface area contributed by atoms with E-state index in [-0.39, 0.29) is 29.0 Å². The summed E-state index contributed by atoms with van der Waals surface area (Å²) in [7, 11) is 0. The zero-order valence-electron chi connectivity index (χ0n) is 22.3. The summed E-state index contributed by atoms with van der Waals surface area (Å²) in [4.78, 5) is 40.3. The molecule has 0 aliphatic rings. The van der Waals surface area contributed by atoms with E-state index >= 15 is 0 Å². The van der Waals surface area contributed by atoms with Crippen molar-refractivity contribution in [2.75, 3.05) is 34.4 Å². The van der Waals surface area contributed by atoms with Crippen molar-refractivity contribution in [2.45, 2.75) is 25.9 Å². The van der Waals surface area contributed by atoms with Crippen LogP contribution in [0.15, 0.2) is 59.5 Å². The number of nitrogens with zero attached hydrogens (tertiary/aromatic N) is 3. The van der Waals surface area contributed by atoms with Crippen LogP contribution in [-0.4, -0.2) is 39.1 Å². The maximum absolute atomic E-state index is 13.2. The molecule has 11 nitrogen and oxygen atoms in total. The Morgan fingerprint density at radius 2 is 1.69 bits per heavy atom. The summed E-state index contributed by atoms with van der Waals surface area (Å²) >= 11 is 5.65. The lowest BCUT2D eigenvalue weighted by Gasteiger charge is -2.14. The molecule has 4 rings (SSSR count). The van der Waals surface area contributed by atoms with Gasteiger partial charge in [0, 0.05) is 41.4 Å². The van der Waals surface area contributed by atoms with Crippen molar-refractivity contribution in [3.63, 3.8) is 0 Å². The molecule has 2 aromatic heterocycles. The van der Waals surface area contributed by atoms with Gasteiger partial charge in [-0.05, 0) is 68.3 Å². The minimum absolute atomic E-state index is 0.0846. The number of halogens is 4. The van der Waals surface area contributed by atoms with Crippen molar-refractivity contribution in [2.24, 2.45) is 5.73 Å². The molecule has 4 aromatic rings. The van der Waals surface area contributed by atoms with Gasteiger partial charge in [0.1, 0.15) is 0 Å². The van der Waals surface area contributed by atoms with Crippen LogP contribution < -0.4 is 32.6 Å². The number of pyridine rings is 1. The maximum Gasteiger partial charge on any atom is 0.417 e. The van der Waals surface area contributed by atoms with Crippen LogP contribution in [0.25, 0.3) is 11.4 Å². The lowest BCUT2D eigenvalue weighted by Crippen LogP contribution is -2.20. The van der Waals surface area contributed by atoms with Crippen molar-refractivity contribution in [3.05, 3.63) is 81.2 Å². The first-order valence-corrected chi connectivity index (χ1v) is 13.1. The molecule has 2 aromatic carbocycles. The highest BCUT2D eigenvalue weighted by Gasteiger charge is 2.33. The highest BCUT2D eigenvalue weighted by atomic mass is 35.5. The number of aromatic nitrogens is 4. The van der Waals surface area contributed by atoms with Crippen LogP contribution in [0.2, 0.25) is 5.02 Å². The third-order valence-corrected chi connectivity index (χ3v) is 6.18. The Labute approximate surface area is 243 Å². The molecule has 2 amide bonds. The lowest BCUT2D eigenvalue weighted by molar-refractivity contribution is -0.137. The number of rotatable bonds is 10. The van der Waals surface area contributed by atoms with Crippen LogP contribution in [0.3, 0.4) is 0 Å². The average Bonchev–Trinajstić information content (AvgIpc) is 2.93. The number of benzene rings is 2. The van der Waals surface area contributed by atoms with Gasteiger partial charge >= 0.3 is 12.2 Å². The molecule has 2 heterocycles. The summed E-state index contributed by atoms with van der Waals surface area (Å²) in [5.41, 5.74) is 6.24. The Kier molecular flexibility index (Phi) is 9.60. The fourth-order valence-corrected chi connectivity index (χ4v) is 3.99. The van der Waals surface area contributed by atoms with Crippen molar-refractivity contribution in [1.82, 2.24) is 19.9 Å². The van der Waals surface area contributed by atoms with E-state index < -0.39 is 22.8 Å². The number of amides is 2. The fourth-order valence-electron chi connectivity index (χ4n) is 3.76. The molecule has 0 unspecified atom stereocenters. The number of anilines is 5. The average molecular weight is 602 g/mol. The summed E-state index contributed by atoms with van der Waals surface area (Å²) in [6.45, 7) is 2.95. The largest absolute Gasteiger partial charge is 0.417 e. The summed E-state index contributed by atoms with van der Waals surface area (Å²) in [5.74, 6) is 0.715.